The van der Waals surface area contributed by atoms with Gasteiger partial charge in [0.05, 0.1) is 22.4 Å². The van der Waals surface area contributed by atoms with Gasteiger partial charge in [-0.3, -0.25) is 9.48 Å². The molecule has 0 fully saturated rings. The zero-order chi connectivity index (χ0) is 14.0. The van der Waals surface area contributed by atoms with Gasteiger partial charge in [-0.05, 0) is 51.3 Å². The first-order valence-corrected chi connectivity index (χ1v) is 7.75. The summed E-state index contributed by atoms with van der Waals surface area (Å²) in [6.45, 7) is 5.42. The topological polar surface area (TPSA) is 39.8 Å². The minimum absolute atomic E-state index is 0.0167. The van der Waals surface area contributed by atoms with Crippen molar-refractivity contribution < 1.29 is 0 Å². The Morgan fingerprint density at radius 2 is 2.00 bits per heavy atom. The van der Waals surface area contributed by atoms with Crippen LogP contribution in [0.25, 0.3) is 0 Å². The highest BCUT2D eigenvalue weighted by atomic mass is 79.9. The predicted octanol–water partition coefficient (Wildman–Crippen LogP) is 3.20. The van der Waals surface area contributed by atoms with Crippen LogP contribution in [0.15, 0.2) is 32.1 Å². The summed E-state index contributed by atoms with van der Waals surface area (Å²) >= 11 is 6.98. The van der Waals surface area contributed by atoms with E-state index in [9.17, 15) is 4.79 Å². The van der Waals surface area contributed by atoms with E-state index in [1.165, 1.54) is 0 Å². The van der Waals surface area contributed by atoms with Crippen molar-refractivity contribution in [3.05, 3.63) is 49.0 Å². The second kappa shape index (κ2) is 6.05. The summed E-state index contributed by atoms with van der Waals surface area (Å²) in [5.41, 5.74) is 2.04. The van der Waals surface area contributed by atoms with Gasteiger partial charge in [-0.15, -0.1) is 0 Å². The molecule has 0 amide bonds. The molecule has 2 aromatic heterocycles. The van der Waals surface area contributed by atoms with Gasteiger partial charge in [-0.1, -0.05) is 6.92 Å². The van der Waals surface area contributed by atoms with Crippen molar-refractivity contribution in [2.24, 2.45) is 0 Å². The Labute approximate surface area is 128 Å². The fourth-order valence-electron chi connectivity index (χ4n) is 1.96. The van der Waals surface area contributed by atoms with Crippen LogP contribution in [0.2, 0.25) is 0 Å². The molecule has 0 aliphatic heterocycles. The van der Waals surface area contributed by atoms with E-state index < -0.39 is 0 Å². The molecule has 0 radical (unpaired) electrons. The Hall–Kier alpha value is -0.880. The minimum Gasteiger partial charge on any atom is -0.308 e. The Bertz CT molecular complexity index is 646. The van der Waals surface area contributed by atoms with E-state index in [0.717, 1.165) is 33.3 Å². The minimum atomic E-state index is -0.0167. The molecule has 2 aromatic rings. The molecule has 4 nitrogen and oxygen atoms in total. The number of rotatable bonds is 4. The fraction of sp³-hybridized carbons (Fsp3) is 0.385. The molecule has 0 N–H and O–H groups in total. The van der Waals surface area contributed by atoms with E-state index in [2.05, 4.69) is 43.9 Å². The van der Waals surface area contributed by atoms with Gasteiger partial charge in [0.25, 0.3) is 5.56 Å². The molecule has 0 aromatic carbocycles. The third-order valence-corrected chi connectivity index (χ3v) is 4.35. The third kappa shape index (κ3) is 3.00. The van der Waals surface area contributed by atoms with Crippen LogP contribution in [0, 0.1) is 0 Å². The van der Waals surface area contributed by atoms with Crippen LogP contribution in [0.3, 0.4) is 0 Å². The van der Waals surface area contributed by atoms with Crippen molar-refractivity contribution in [3.63, 3.8) is 0 Å². The van der Waals surface area contributed by atoms with Crippen LogP contribution in [-0.2, 0) is 19.5 Å². The molecule has 0 saturated carbocycles. The van der Waals surface area contributed by atoms with Crippen LogP contribution in [-0.4, -0.2) is 14.3 Å². The number of hydrogen-bond donors (Lipinski definition) is 0. The first-order chi connectivity index (χ1) is 9.06. The maximum Gasteiger partial charge on any atom is 0.250 e. The van der Waals surface area contributed by atoms with Gasteiger partial charge in [-0.25, -0.2) is 0 Å². The van der Waals surface area contributed by atoms with Gasteiger partial charge >= 0.3 is 0 Å². The number of halogens is 2. The quantitative estimate of drug-likeness (QED) is 0.806. The maximum atomic E-state index is 11.9. The zero-order valence-corrected chi connectivity index (χ0v) is 14.0. The molecule has 102 valence electrons. The van der Waals surface area contributed by atoms with Crippen molar-refractivity contribution in [2.45, 2.75) is 33.4 Å². The highest BCUT2D eigenvalue weighted by Gasteiger charge is 2.14. The molecule has 0 aliphatic rings. The van der Waals surface area contributed by atoms with Crippen molar-refractivity contribution in [2.75, 3.05) is 0 Å². The fourth-order valence-corrected chi connectivity index (χ4v) is 3.02. The maximum absolute atomic E-state index is 11.9. The molecule has 0 atom stereocenters. The Balaban J connectivity index is 2.45. The molecule has 2 rings (SSSR count). The average molecular weight is 389 g/mol. The molecule has 2 heterocycles. The standard InChI is InChI=1S/C13H15Br2N3O/c1-3-10-13(15)11(18(4-2)16-10)8-17-7-9(14)5-6-12(17)19/h5-7H,3-4,8H2,1-2H3. The molecule has 0 unspecified atom stereocenters. The summed E-state index contributed by atoms with van der Waals surface area (Å²) in [7, 11) is 0. The Morgan fingerprint density at radius 1 is 1.26 bits per heavy atom. The lowest BCUT2D eigenvalue weighted by molar-refractivity contribution is 0.588. The Morgan fingerprint density at radius 3 is 2.63 bits per heavy atom. The smallest absolute Gasteiger partial charge is 0.250 e. The lowest BCUT2D eigenvalue weighted by Gasteiger charge is -2.08. The van der Waals surface area contributed by atoms with Crippen molar-refractivity contribution >= 4 is 31.9 Å². The van der Waals surface area contributed by atoms with E-state index in [-0.39, 0.29) is 5.56 Å². The number of nitrogens with zero attached hydrogens (tertiary/aromatic N) is 3. The van der Waals surface area contributed by atoms with Gasteiger partial charge in [0.15, 0.2) is 0 Å². The van der Waals surface area contributed by atoms with Crippen LogP contribution >= 0.6 is 31.9 Å². The predicted molar refractivity (Wildman–Crippen MR) is 82.5 cm³/mol. The van der Waals surface area contributed by atoms with E-state index >= 15 is 0 Å². The lowest BCUT2D eigenvalue weighted by Crippen LogP contribution is -2.20. The second-order valence-electron chi connectivity index (χ2n) is 4.19. The zero-order valence-electron chi connectivity index (χ0n) is 10.9. The summed E-state index contributed by atoms with van der Waals surface area (Å²) in [6, 6.07) is 3.31. The molecule has 0 aliphatic carbocycles. The van der Waals surface area contributed by atoms with Crippen LogP contribution in [0.5, 0.6) is 0 Å². The highest BCUT2D eigenvalue weighted by molar-refractivity contribution is 9.10. The normalized spacial score (nSPS) is 10.9. The van der Waals surface area contributed by atoms with Crippen LogP contribution < -0.4 is 5.56 Å². The third-order valence-electron chi connectivity index (χ3n) is 2.96. The summed E-state index contributed by atoms with van der Waals surface area (Å²) in [4.78, 5) is 11.9. The van der Waals surface area contributed by atoms with Gasteiger partial charge in [0.2, 0.25) is 0 Å². The van der Waals surface area contributed by atoms with Crippen molar-refractivity contribution in [1.29, 1.82) is 0 Å². The van der Waals surface area contributed by atoms with Crippen molar-refractivity contribution in [3.8, 4) is 0 Å². The molecule has 6 heteroatoms. The number of pyridine rings is 1. The molecular formula is C13H15Br2N3O. The SMILES string of the molecule is CCc1nn(CC)c(Cn2cc(Br)ccc2=O)c1Br. The largest absolute Gasteiger partial charge is 0.308 e. The van der Waals surface area contributed by atoms with Crippen LogP contribution in [0.1, 0.15) is 25.2 Å². The van der Waals surface area contributed by atoms with Gasteiger partial charge < -0.3 is 4.57 Å². The summed E-state index contributed by atoms with van der Waals surface area (Å²) in [5.74, 6) is 0. The van der Waals surface area contributed by atoms with E-state index in [4.69, 9.17) is 0 Å². The summed E-state index contributed by atoms with van der Waals surface area (Å²) in [5, 5.41) is 4.54. The first-order valence-electron chi connectivity index (χ1n) is 6.16. The summed E-state index contributed by atoms with van der Waals surface area (Å²) < 4.78 is 5.51. The molecular weight excluding hydrogens is 374 g/mol. The van der Waals surface area contributed by atoms with E-state index in [1.807, 2.05) is 11.6 Å². The van der Waals surface area contributed by atoms with Crippen molar-refractivity contribution in [1.82, 2.24) is 14.3 Å². The molecule has 0 bridgehead atoms. The van der Waals surface area contributed by atoms with Gasteiger partial charge in [0.1, 0.15) is 0 Å². The molecule has 0 saturated heterocycles. The Kier molecular flexibility index (Phi) is 4.62. The number of aryl methyl sites for hydroxylation is 2. The monoisotopic (exact) mass is 387 g/mol. The van der Waals surface area contributed by atoms with Gasteiger partial charge in [-0.2, -0.15) is 5.10 Å². The molecule has 0 spiro atoms. The number of hydrogen-bond acceptors (Lipinski definition) is 2. The van der Waals surface area contributed by atoms with Crippen LogP contribution in [0.4, 0.5) is 0 Å². The second-order valence-corrected chi connectivity index (χ2v) is 5.90. The average Bonchev–Trinajstić information content (AvgIpc) is 2.70. The van der Waals surface area contributed by atoms with Gasteiger partial charge in [0, 0.05) is 23.3 Å². The highest BCUT2D eigenvalue weighted by Crippen LogP contribution is 2.23. The first kappa shape index (κ1) is 14.5. The lowest BCUT2D eigenvalue weighted by atomic mass is 10.3. The molecule has 19 heavy (non-hydrogen) atoms. The number of aromatic nitrogens is 3. The van der Waals surface area contributed by atoms with E-state index in [0.29, 0.717) is 6.54 Å². The summed E-state index contributed by atoms with van der Waals surface area (Å²) in [6.07, 6.45) is 2.67. The van der Waals surface area contributed by atoms with E-state index in [1.54, 1.807) is 22.9 Å².